The normalized spacial score (nSPS) is 12.3. The molecule has 0 saturated heterocycles. The average molecular weight is 283 g/mol. The maximum atomic E-state index is 13.1. The molecule has 1 aromatic heterocycles. The maximum Gasteiger partial charge on any atom is 0.319 e. The SMILES string of the molecule is COC(=O)C(c1ccc(F)cc1)c1cc2ccccc2[nH]1. The van der Waals surface area contributed by atoms with Crippen LogP contribution in [0.25, 0.3) is 10.9 Å². The van der Waals surface area contributed by atoms with Crippen molar-refractivity contribution in [3.63, 3.8) is 0 Å². The van der Waals surface area contributed by atoms with Crippen molar-refractivity contribution in [2.75, 3.05) is 7.11 Å². The Balaban J connectivity index is 2.10. The van der Waals surface area contributed by atoms with Crippen LogP contribution in [-0.2, 0) is 9.53 Å². The van der Waals surface area contributed by atoms with Gasteiger partial charge in [-0.25, -0.2) is 4.39 Å². The number of para-hydroxylation sites is 1. The molecule has 0 fully saturated rings. The Morgan fingerprint density at radius 1 is 1.14 bits per heavy atom. The topological polar surface area (TPSA) is 42.1 Å². The van der Waals surface area contributed by atoms with E-state index >= 15 is 0 Å². The number of esters is 1. The number of benzene rings is 2. The van der Waals surface area contributed by atoms with Crippen LogP contribution >= 0.6 is 0 Å². The third-order valence-electron chi connectivity index (χ3n) is 3.50. The molecule has 1 heterocycles. The Morgan fingerprint density at radius 3 is 2.52 bits per heavy atom. The van der Waals surface area contributed by atoms with E-state index in [1.807, 2.05) is 30.3 Å². The number of carbonyl (C=O) groups is 1. The summed E-state index contributed by atoms with van der Waals surface area (Å²) in [5.41, 5.74) is 2.37. The summed E-state index contributed by atoms with van der Waals surface area (Å²) in [5, 5.41) is 1.02. The summed E-state index contributed by atoms with van der Waals surface area (Å²) in [6.07, 6.45) is 0. The fourth-order valence-electron chi connectivity index (χ4n) is 2.47. The van der Waals surface area contributed by atoms with Crippen molar-refractivity contribution >= 4 is 16.9 Å². The van der Waals surface area contributed by atoms with Crippen LogP contribution in [0.2, 0.25) is 0 Å². The van der Waals surface area contributed by atoms with Gasteiger partial charge in [0.15, 0.2) is 0 Å². The van der Waals surface area contributed by atoms with Gasteiger partial charge in [0.25, 0.3) is 0 Å². The van der Waals surface area contributed by atoms with Crippen LogP contribution < -0.4 is 0 Å². The lowest BCUT2D eigenvalue weighted by molar-refractivity contribution is -0.141. The van der Waals surface area contributed by atoms with E-state index in [-0.39, 0.29) is 11.8 Å². The Bertz CT molecular complexity index is 744. The van der Waals surface area contributed by atoms with Crippen molar-refractivity contribution in [1.82, 2.24) is 4.98 Å². The van der Waals surface area contributed by atoms with E-state index in [1.165, 1.54) is 19.2 Å². The molecule has 0 saturated carbocycles. The summed E-state index contributed by atoms with van der Waals surface area (Å²) in [7, 11) is 1.35. The Kier molecular flexibility index (Phi) is 3.44. The number of ether oxygens (including phenoxy) is 1. The van der Waals surface area contributed by atoms with Gasteiger partial charge in [-0.3, -0.25) is 4.79 Å². The molecule has 0 aliphatic carbocycles. The van der Waals surface area contributed by atoms with Crippen molar-refractivity contribution < 1.29 is 13.9 Å². The summed E-state index contributed by atoms with van der Waals surface area (Å²) in [5.74, 6) is -1.31. The highest BCUT2D eigenvalue weighted by Gasteiger charge is 2.25. The summed E-state index contributed by atoms with van der Waals surface area (Å²) in [4.78, 5) is 15.4. The van der Waals surface area contributed by atoms with E-state index in [9.17, 15) is 9.18 Å². The first kappa shape index (κ1) is 13.4. The number of nitrogens with one attached hydrogen (secondary N) is 1. The average Bonchev–Trinajstić information content (AvgIpc) is 2.92. The second-order valence-corrected chi connectivity index (χ2v) is 4.82. The molecule has 0 aliphatic heterocycles. The van der Waals surface area contributed by atoms with Crippen molar-refractivity contribution in [2.24, 2.45) is 0 Å². The Labute approximate surface area is 121 Å². The van der Waals surface area contributed by atoms with Gasteiger partial charge in [-0.05, 0) is 35.2 Å². The fraction of sp³-hybridized carbons (Fsp3) is 0.118. The fourth-order valence-corrected chi connectivity index (χ4v) is 2.47. The maximum absolute atomic E-state index is 13.1. The van der Waals surface area contributed by atoms with E-state index < -0.39 is 5.92 Å². The Morgan fingerprint density at radius 2 is 1.86 bits per heavy atom. The number of fused-ring (bicyclic) bond motifs is 1. The van der Waals surface area contributed by atoms with Gasteiger partial charge in [0.1, 0.15) is 11.7 Å². The van der Waals surface area contributed by atoms with Crippen molar-refractivity contribution in [3.8, 4) is 0 Å². The molecule has 0 radical (unpaired) electrons. The lowest BCUT2D eigenvalue weighted by Gasteiger charge is -2.13. The largest absolute Gasteiger partial charge is 0.468 e. The minimum absolute atomic E-state index is 0.334. The highest BCUT2D eigenvalue weighted by atomic mass is 19.1. The number of aromatic amines is 1. The molecule has 3 aromatic rings. The smallest absolute Gasteiger partial charge is 0.319 e. The molecule has 21 heavy (non-hydrogen) atoms. The summed E-state index contributed by atoms with van der Waals surface area (Å²) in [6.45, 7) is 0. The minimum atomic E-state index is -0.594. The molecule has 106 valence electrons. The van der Waals surface area contributed by atoms with Crippen molar-refractivity contribution in [1.29, 1.82) is 0 Å². The molecule has 1 atom stereocenters. The second kappa shape index (κ2) is 5.40. The molecule has 4 heteroatoms. The number of methoxy groups -OCH3 is 1. The summed E-state index contributed by atoms with van der Waals surface area (Å²) in [6, 6.07) is 15.6. The van der Waals surface area contributed by atoms with Crippen LogP contribution in [0, 0.1) is 5.82 Å². The van der Waals surface area contributed by atoms with Gasteiger partial charge < -0.3 is 9.72 Å². The molecule has 1 N–H and O–H groups in total. The van der Waals surface area contributed by atoms with Gasteiger partial charge in [-0.2, -0.15) is 0 Å². The highest BCUT2D eigenvalue weighted by Crippen LogP contribution is 2.28. The number of aromatic nitrogens is 1. The van der Waals surface area contributed by atoms with Gasteiger partial charge in [0, 0.05) is 11.2 Å². The third-order valence-corrected chi connectivity index (χ3v) is 3.50. The van der Waals surface area contributed by atoms with Gasteiger partial charge in [0.2, 0.25) is 0 Å². The first-order valence-electron chi connectivity index (χ1n) is 6.60. The van der Waals surface area contributed by atoms with E-state index in [4.69, 9.17) is 4.74 Å². The molecule has 1 unspecified atom stereocenters. The summed E-state index contributed by atoms with van der Waals surface area (Å²) < 4.78 is 18.0. The quantitative estimate of drug-likeness (QED) is 0.746. The zero-order valence-electron chi connectivity index (χ0n) is 11.5. The van der Waals surface area contributed by atoms with Crippen LogP contribution in [0.4, 0.5) is 4.39 Å². The lowest BCUT2D eigenvalue weighted by Crippen LogP contribution is -2.16. The molecule has 2 aromatic carbocycles. The van der Waals surface area contributed by atoms with Crippen LogP contribution in [-0.4, -0.2) is 18.1 Å². The zero-order valence-corrected chi connectivity index (χ0v) is 11.5. The highest BCUT2D eigenvalue weighted by molar-refractivity contribution is 5.86. The molecule has 0 bridgehead atoms. The molecule has 0 aliphatic rings. The molecule has 3 nitrogen and oxygen atoms in total. The first-order valence-corrected chi connectivity index (χ1v) is 6.60. The van der Waals surface area contributed by atoms with Gasteiger partial charge in [0.05, 0.1) is 7.11 Å². The van der Waals surface area contributed by atoms with Crippen LogP contribution in [0.5, 0.6) is 0 Å². The Hall–Kier alpha value is -2.62. The predicted molar refractivity (Wildman–Crippen MR) is 78.6 cm³/mol. The first-order chi connectivity index (χ1) is 10.2. The molecular weight excluding hydrogens is 269 g/mol. The van der Waals surface area contributed by atoms with E-state index in [1.54, 1.807) is 12.1 Å². The minimum Gasteiger partial charge on any atom is -0.468 e. The van der Waals surface area contributed by atoms with Gasteiger partial charge >= 0.3 is 5.97 Å². The predicted octanol–water partition coefficient (Wildman–Crippen LogP) is 3.61. The number of carbonyl (C=O) groups excluding carboxylic acids is 1. The zero-order chi connectivity index (χ0) is 14.8. The third kappa shape index (κ3) is 2.52. The molecule has 3 rings (SSSR count). The number of hydrogen-bond donors (Lipinski definition) is 1. The number of rotatable bonds is 3. The van der Waals surface area contributed by atoms with E-state index in [2.05, 4.69) is 4.98 Å². The number of H-pyrrole nitrogens is 1. The van der Waals surface area contributed by atoms with Crippen molar-refractivity contribution in [3.05, 3.63) is 71.7 Å². The monoisotopic (exact) mass is 283 g/mol. The van der Waals surface area contributed by atoms with E-state index in [0.717, 1.165) is 16.6 Å². The molecule has 0 spiro atoms. The van der Waals surface area contributed by atoms with Crippen LogP contribution in [0.1, 0.15) is 17.2 Å². The second-order valence-electron chi connectivity index (χ2n) is 4.82. The lowest BCUT2D eigenvalue weighted by atomic mass is 9.96. The van der Waals surface area contributed by atoms with E-state index in [0.29, 0.717) is 5.56 Å². The number of hydrogen-bond acceptors (Lipinski definition) is 2. The molecule has 0 amide bonds. The van der Waals surface area contributed by atoms with Gasteiger partial charge in [-0.1, -0.05) is 30.3 Å². The van der Waals surface area contributed by atoms with Crippen molar-refractivity contribution in [2.45, 2.75) is 5.92 Å². The van der Waals surface area contributed by atoms with Crippen LogP contribution in [0.3, 0.4) is 0 Å². The van der Waals surface area contributed by atoms with Crippen LogP contribution in [0.15, 0.2) is 54.6 Å². The summed E-state index contributed by atoms with van der Waals surface area (Å²) >= 11 is 0. The number of halogens is 1. The van der Waals surface area contributed by atoms with Gasteiger partial charge in [-0.15, -0.1) is 0 Å². The standard InChI is InChI=1S/C17H14FNO2/c1-21-17(20)16(11-6-8-13(18)9-7-11)15-10-12-4-2-3-5-14(12)19-15/h2-10,16,19H,1H3. The molecular formula is C17H14FNO2.